The maximum Gasteiger partial charge on any atom is 0.242 e. The molecule has 1 aromatic carbocycles. The number of anilines is 1. The second-order valence-electron chi connectivity index (χ2n) is 5.70. The van der Waals surface area contributed by atoms with E-state index in [1.165, 1.54) is 30.2 Å². The standard InChI is InChI=1S/C16H21N3O4S2/c1-11-8-15(18-23-11)17-16(20)12(2)24-10-13-6-5-7-14(9-13)25(21,22)19(3)4/h5-9,12H,10H2,1-4H3,(H,17,18,20)/t12-/m1/s1. The topological polar surface area (TPSA) is 92.5 Å². The Kier molecular flexibility index (Phi) is 6.26. The van der Waals surface area contributed by atoms with Crippen LogP contribution in [0.4, 0.5) is 5.82 Å². The average Bonchev–Trinajstić information content (AvgIpc) is 2.97. The minimum atomic E-state index is -3.47. The fraction of sp³-hybridized carbons (Fsp3) is 0.375. The summed E-state index contributed by atoms with van der Waals surface area (Å²) in [6.07, 6.45) is 0. The van der Waals surface area contributed by atoms with Crippen LogP contribution >= 0.6 is 11.8 Å². The van der Waals surface area contributed by atoms with Crippen molar-refractivity contribution in [1.82, 2.24) is 9.46 Å². The van der Waals surface area contributed by atoms with Gasteiger partial charge in [-0.1, -0.05) is 17.3 Å². The summed E-state index contributed by atoms with van der Waals surface area (Å²) >= 11 is 1.41. The van der Waals surface area contributed by atoms with Crippen molar-refractivity contribution in [3.05, 3.63) is 41.7 Å². The van der Waals surface area contributed by atoms with Gasteiger partial charge in [-0.2, -0.15) is 0 Å². The van der Waals surface area contributed by atoms with Crippen LogP contribution in [-0.4, -0.2) is 43.1 Å². The first kappa shape index (κ1) is 19.5. The number of carbonyl (C=O) groups excluding carboxylic acids is 1. The first-order valence-corrected chi connectivity index (χ1v) is 10.1. The molecule has 2 aromatic rings. The maximum absolute atomic E-state index is 12.2. The van der Waals surface area contributed by atoms with Gasteiger partial charge in [-0.05, 0) is 31.5 Å². The van der Waals surface area contributed by atoms with E-state index >= 15 is 0 Å². The number of hydrogen-bond donors (Lipinski definition) is 1. The Morgan fingerprint density at radius 2 is 2.08 bits per heavy atom. The van der Waals surface area contributed by atoms with Crippen LogP contribution < -0.4 is 5.32 Å². The molecular weight excluding hydrogens is 362 g/mol. The van der Waals surface area contributed by atoms with E-state index in [9.17, 15) is 13.2 Å². The molecule has 25 heavy (non-hydrogen) atoms. The molecule has 0 bridgehead atoms. The Morgan fingerprint density at radius 1 is 1.36 bits per heavy atom. The molecule has 1 heterocycles. The summed E-state index contributed by atoms with van der Waals surface area (Å²) in [5.74, 6) is 1.34. The lowest BCUT2D eigenvalue weighted by Crippen LogP contribution is -2.23. The molecule has 2 rings (SSSR count). The highest BCUT2D eigenvalue weighted by Crippen LogP contribution is 2.22. The summed E-state index contributed by atoms with van der Waals surface area (Å²) in [5.41, 5.74) is 0.838. The number of aryl methyl sites for hydroxylation is 1. The quantitative estimate of drug-likeness (QED) is 0.790. The molecule has 0 saturated carbocycles. The van der Waals surface area contributed by atoms with Gasteiger partial charge in [0, 0.05) is 25.9 Å². The predicted octanol–water partition coefficient (Wildman–Crippen LogP) is 2.49. The summed E-state index contributed by atoms with van der Waals surface area (Å²) in [6, 6.07) is 8.38. The Bertz CT molecular complexity index is 847. The predicted molar refractivity (Wildman–Crippen MR) is 97.9 cm³/mol. The van der Waals surface area contributed by atoms with Gasteiger partial charge >= 0.3 is 0 Å². The monoisotopic (exact) mass is 383 g/mol. The normalized spacial score (nSPS) is 13.0. The average molecular weight is 383 g/mol. The fourth-order valence-corrected chi connectivity index (χ4v) is 3.76. The molecule has 9 heteroatoms. The molecule has 136 valence electrons. The number of sulfonamides is 1. The van der Waals surface area contributed by atoms with Crippen molar-refractivity contribution in [2.24, 2.45) is 0 Å². The number of aromatic nitrogens is 1. The van der Waals surface area contributed by atoms with Crippen molar-refractivity contribution in [2.45, 2.75) is 29.7 Å². The highest BCUT2D eigenvalue weighted by Gasteiger charge is 2.18. The van der Waals surface area contributed by atoms with E-state index in [1.54, 1.807) is 38.1 Å². The smallest absolute Gasteiger partial charge is 0.242 e. The number of nitrogens with zero attached hydrogens (tertiary/aromatic N) is 2. The largest absolute Gasteiger partial charge is 0.360 e. The van der Waals surface area contributed by atoms with Crippen LogP contribution in [0.5, 0.6) is 0 Å². The van der Waals surface area contributed by atoms with E-state index in [-0.39, 0.29) is 16.1 Å². The number of rotatable bonds is 7. The van der Waals surface area contributed by atoms with Crippen LogP contribution in [0.1, 0.15) is 18.2 Å². The summed E-state index contributed by atoms with van der Waals surface area (Å²) in [6.45, 7) is 3.53. The maximum atomic E-state index is 12.2. The van der Waals surface area contributed by atoms with E-state index in [1.807, 2.05) is 6.07 Å². The van der Waals surface area contributed by atoms with Crippen molar-refractivity contribution in [3.8, 4) is 0 Å². The van der Waals surface area contributed by atoms with Crippen molar-refractivity contribution in [3.63, 3.8) is 0 Å². The highest BCUT2D eigenvalue weighted by molar-refractivity contribution is 7.99. The summed E-state index contributed by atoms with van der Waals surface area (Å²) in [4.78, 5) is 12.4. The van der Waals surface area contributed by atoms with E-state index in [2.05, 4.69) is 10.5 Å². The summed E-state index contributed by atoms with van der Waals surface area (Å²) in [7, 11) is -0.477. The fourth-order valence-electron chi connectivity index (χ4n) is 1.96. The van der Waals surface area contributed by atoms with Gasteiger partial charge < -0.3 is 9.84 Å². The van der Waals surface area contributed by atoms with Gasteiger partial charge in [-0.3, -0.25) is 4.79 Å². The summed E-state index contributed by atoms with van der Waals surface area (Å²) < 4.78 is 30.4. The van der Waals surface area contributed by atoms with Crippen molar-refractivity contribution in [2.75, 3.05) is 19.4 Å². The van der Waals surface area contributed by atoms with Gasteiger partial charge in [0.2, 0.25) is 15.9 Å². The van der Waals surface area contributed by atoms with Crippen LogP contribution in [-0.2, 0) is 20.6 Å². The van der Waals surface area contributed by atoms with E-state index in [0.29, 0.717) is 17.3 Å². The zero-order valence-corrected chi connectivity index (χ0v) is 16.1. The molecule has 0 aliphatic heterocycles. The first-order valence-electron chi connectivity index (χ1n) is 7.57. The van der Waals surface area contributed by atoms with Gasteiger partial charge in [0.15, 0.2) is 5.82 Å². The van der Waals surface area contributed by atoms with Crippen molar-refractivity contribution in [1.29, 1.82) is 0 Å². The van der Waals surface area contributed by atoms with Crippen LogP contribution in [0.2, 0.25) is 0 Å². The third-order valence-electron chi connectivity index (χ3n) is 3.43. The number of thioether (sulfide) groups is 1. The third kappa shape index (κ3) is 5.07. The van der Waals surface area contributed by atoms with Gasteiger partial charge in [0.05, 0.1) is 10.1 Å². The highest BCUT2D eigenvalue weighted by atomic mass is 32.2. The zero-order valence-electron chi connectivity index (χ0n) is 14.5. The van der Waals surface area contributed by atoms with Crippen molar-refractivity contribution >= 4 is 33.5 Å². The second kappa shape index (κ2) is 8.03. The van der Waals surface area contributed by atoms with E-state index in [4.69, 9.17) is 4.52 Å². The molecule has 0 spiro atoms. The number of benzene rings is 1. The first-order chi connectivity index (χ1) is 11.7. The number of hydrogen-bond acceptors (Lipinski definition) is 6. The van der Waals surface area contributed by atoms with Gasteiger partial charge in [-0.15, -0.1) is 11.8 Å². The molecule has 1 N–H and O–H groups in total. The van der Waals surface area contributed by atoms with Gasteiger partial charge in [0.25, 0.3) is 0 Å². The lowest BCUT2D eigenvalue weighted by Gasteiger charge is -2.13. The Hall–Kier alpha value is -1.84. The van der Waals surface area contributed by atoms with E-state index in [0.717, 1.165) is 5.56 Å². The molecule has 0 saturated heterocycles. The lowest BCUT2D eigenvalue weighted by molar-refractivity contribution is -0.115. The molecule has 1 atom stereocenters. The lowest BCUT2D eigenvalue weighted by atomic mass is 10.2. The third-order valence-corrected chi connectivity index (χ3v) is 6.45. The van der Waals surface area contributed by atoms with Crippen LogP contribution in [0.25, 0.3) is 0 Å². The minimum Gasteiger partial charge on any atom is -0.360 e. The molecule has 0 radical (unpaired) electrons. The van der Waals surface area contributed by atoms with Crippen molar-refractivity contribution < 1.29 is 17.7 Å². The molecule has 1 aromatic heterocycles. The molecule has 0 fully saturated rings. The summed E-state index contributed by atoms with van der Waals surface area (Å²) in [5, 5.41) is 6.08. The Morgan fingerprint density at radius 3 is 2.68 bits per heavy atom. The molecule has 0 aliphatic carbocycles. The Labute approximate surface area is 151 Å². The molecule has 0 aliphatic rings. The number of amides is 1. The van der Waals surface area contributed by atoms with E-state index < -0.39 is 10.0 Å². The molecule has 0 unspecified atom stereocenters. The van der Waals surface area contributed by atoms with Gasteiger partial charge in [-0.25, -0.2) is 12.7 Å². The van der Waals surface area contributed by atoms with Crippen LogP contribution in [0.3, 0.4) is 0 Å². The molecule has 7 nitrogen and oxygen atoms in total. The minimum absolute atomic E-state index is 0.185. The zero-order chi connectivity index (χ0) is 18.6. The molecule has 1 amide bonds. The second-order valence-corrected chi connectivity index (χ2v) is 9.18. The SMILES string of the molecule is Cc1cc(NC(=O)[C@@H](C)SCc2cccc(S(=O)(=O)N(C)C)c2)no1. The molecular formula is C16H21N3O4S2. The van der Waals surface area contributed by atoms with Crippen LogP contribution in [0, 0.1) is 6.92 Å². The van der Waals surface area contributed by atoms with Gasteiger partial charge in [0.1, 0.15) is 5.76 Å². The number of nitrogens with one attached hydrogen (secondary N) is 1. The Balaban J connectivity index is 1.97. The number of carbonyl (C=O) groups is 1. The van der Waals surface area contributed by atoms with Crippen LogP contribution in [0.15, 0.2) is 39.8 Å².